The van der Waals surface area contributed by atoms with Crippen LogP contribution in [0.5, 0.6) is 0 Å². The molecule has 6 nitrogen and oxygen atoms in total. The molecule has 1 amide bonds. The summed E-state index contributed by atoms with van der Waals surface area (Å²) in [6.45, 7) is 1.46. The fourth-order valence-corrected chi connectivity index (χ4v) is 4.56. The third-order valence-corrected chi connectivity index (χ3v) is 6.75. The molecule has 0 saturated heterocycles. The van der Waals surface area contributed by atoms with Crippen molar-refractivity contribution in [2.45, 2.75) is 18.2 Å². The third kappa shape index (κ3) is 5.52. The van der Waals surface area contributed by atoms with E-state index in [9.17, 15) is 17.6 Å². The summed E-state index contributed by atoms with van der Waals surface area (Å²) in [7, 11) is -4.02. The molecule has 0 fully saturated rings. The predicted molar refractivity (Wildman–Crippen MR) is 124 cm³/mol. The van der Waals surface area contributed by atoms with Gasteiger partial charge in [-0.3, -0.25) is 9.10 Å². The van der Waals surface area contributed by atoms with Crippen LogP contribution < -0.4 is 9.73 Å². The molecule has 0 aromatic heterocycles. The van der Waals surface area contributed by atoms with Gasteiger partial charge in [0.05, 0.1) is 21.8 Å². The van der Waals surface area contributed by atoms with E-state index in [-0.39, 0.29) is 15.5 Å². The highest BCUT2D eigenvalue weighted by molar-refractivity contribution is 7.92. The average Bonchev–Trinajstić information content (AvgIpc) is 2.80. The molecule has 166 valence electrons. The molecule has 0 atom stereocenters. The second-order valence-corrected chi connectivity index (χ2v) is 9.04. The van der Waals surface area contributed by atoms with Gasteiger partial charge in [0.2, 0.25) is 0 Å². The molecule has 0 radical (unpaired) electrons. The number of hydrazone groups is 1. The van der Waals surface area contributed by atoms with E-state index in [1.54, 1.807) is 42.5 Å². The Labute approximate surface area is 191 Å². The number of benzene rings is 3. The van der Waals surface area contributed by atoms with Crippen LogP contribution in [0, 0.1) is 5.82 Å². The van der Waals surface area contributed by atoms with Crippen molar-refractivity contribution in [1.82, 2.24) is 5.43 Å². The van der Waals surface area contributed by atoms with E-state index in [0.29, 0.717) is 5.69 Å². The zero-order valence-corrected chi connectivity index (χ0v) is 18.8. The van der Waals surface area contributed by atoms with Crippen LogP contribution in [0.4, 0.5) is 10.1 Å². The minimum atomic E-state index is -4.02. The molecule has 3 rings (SSSR count). The first-order chi connectivity index (χ1) is 15.3. The molecule has 0 unspecified atom stereocenters. The quantitative estimate of drug-likeness (QED) is 0.389. The number of hydrogen-bond donors (Lipinski definition) is 1. The Kier molecular flexibility index (Phi) is 7.61. The van der Waals surface area contributed by atoms with Crippen LogP contribution in [-0.2, 0) is 21.2 Å². The lowest BCUT2D eigenvalue weighted by atomic mass is 10.1. The van der Waals surface area contributed by atoms with E-state index in [2.05, 4.69) is 10.5 Å². The van der Waals surface area contributed by atoms with Crippen molar-refractivity contribution in [1.29, 1.82) is 0 Å². The predicted octanol–water partition coefficient (Wildman–Crippen LogP) is 4.39. The second kappa shape index (κ2) is 10.4. The van der Waals surface area contributed by atoms with Gasteiger partial charge in [-0.2, -0.15) is 5.10 Å². The average molecular weight is 474 g/mol. The van der Waals surface area contributed by atoms with Gasteiger partial charge in [-0.25, -0.2) is 18.2 Å². The minimum Gasteiger partial charge on any atom is -0.271 e. The highest BCUT2D eigenvalue weighted by Crippen LogP contribution is 2.24. The van der Waals surface area contributed by atoms with Crippen molar-refractivity contribution in [3.8, 4) is 0 Å². The van der Waals surface area contributed by atoms with Gasteiger partial charge in [0.1, 0.15) is 12.4 Å². The van der Waals surface area contributed by atoms with Crippen LogP contribution in [-0.4, -0.2) is 27.1 Å². The van der Waals surface area contributed by atoms with E-state index < -0.39 is 28.3 Å². The molecule has 0 aliphatic carbocycles. The second-order valence-electron chi connectivity index (χ2n) is 6.77. The number of carbonyl (C=O) groups excluding carboxylic acids is 1. The first-order valence-corrected chi connectivity index (χ1v) is 11.6. The van der Waals surface area contributed by atoms with Gasteiger partial charge in [-0.05, 0) is 48.4 Å². The molecule has 3 aromatic rings. The number of carbonyl (C=O) groups is 1. The summed E-state index contributed by atoms with van der Waals surface area (Å²) in [6, 6.07) is 18.9. The van der Waals surface area contributed by atoms with E-state index in [4.69, 9.17) is 11.6 Å². The monoisotopic (exact) mass is 473 g/mol. The van der Waals surface area contributed by atoms with Gasteiger partial charge < -0.3 is 0 Å². The van der Waals surface area contributed by atoms with Crippen molar-refractivity contribution >= 4 is 39.4 Å². The number of nitrogens with one attached hydrogen (secondary N) is 1. The number of nitrogens with zero attached hydrogens (tertiary/aromatic N) is 2. The number of hydrogen-bond acceptors (Lipinski definition) is 4. The first-order valence-electron chi connectivity index (χ1n) is 9.75. The molecule has 0 saturated carbocycles. The van der Waals surface area contributed by atoms with Crippen LogP contribution in [0.15, 0.2) is 82.8 Å². The number of rotatable bonds is 8. The van der Waals surface area contributed by atoms with E-state index in [1.807, 2.05) is 6.92 Å². The summed E-state index contributed by atoms with van der Waals surface area (Å²) < 4.78 is 41.3. The Hall–Kier alpha value is -3.23. The highest BCUT2D eigenvalue weighted by Gasteiger charge is 2.27. The molecular weight excluding hydrogens is 453 g/mol. The molecule has 0 spiro atoms. The number of sulfonamides is 1. The summed E-state index contributed by atoms with van der Waals surface area (Å²) in [5.41, 5.74) is 3.61. The lowest BCUT2D eigenvalue weighted by Crippen LogP contribution is -2.39. The Balaban J connectivity index is 1.85. The maximum atomic E-state index is 13.8. The largest absolute Gasteiger partial charge is 0.271 e. The Bertz CT molecular complexity index is 1200. The van der Waals surface area contributed by atoms with Crippen LogP contribution >= 0.6 is 11.6 Å². The molecular formula is C23H21ClFN3O3S. The summed E-state index contributed by atoms with van der Waals surface area (Å²) in [5.74, 6) is -1.30. The van der Waals surface area contributed by atoms with Crippen LogP contribution in [0.25, 0.3) is 0 Å². The van der Waals surface area contributed by atoms with Crippen molar-refractivity contribution < 1.29 is 17.6 Å². The van der Waals surface area contributed by atoms with Crippen molar-refractivity contribution in [2.75, 3.05) is 10.8 Å². The molecule has 0 aliphatic heterocycles. The molecule has 1 N–H and O–H groups in total. The van der Waals surface area contributed by atoms with Gasteiger partial charge in [0.25, 0.3) is 15.9 Å². The molecule has 0 heterocycles. The Morgan fingerprint density at radius 1 is 1.06 bits per heavy atom. The zero-order chi connectivity index (χ0) is 23.1. The molecule has 3 aromatic carbocycles. The van der Waals surface area contributed by atoms with Crippen molar-refractivity contribution in [3.05, 3.63) is 94.8 Å². The Morgan fingerprint density at radius 3 is 2.38 bits per heavy atom. The van der Waals surface area contributed by atoms with Gasteiger partial charge in [0.15, 0.2) is 0 Å². The summed E-state index contributed by atoms with van der Waals surface area (Å²) in [5, 5.41) is 3.85. The summed E-state index contributed by atoms with van der Waals surface area (Å²) in [4.78, 5) is 12.6. The SMILES string of the molecule is CCc1ccc(N(CC(=O)N/N=C\c2c(F)cccc2Cl)S(=O)(=O)c2ccccc2)cc1. The number of aryl methyl sites for hydroxylation is 1. The van der Waals surface area contributed by atoms with Crippen molar-refractivity contribution in [3.63, 3.8) is 0 Å². The van der Waals surface area contributed by atoms with Crippen LogP contribution in [0.2, 0.25) is 5.02 Å². The van der Waals surface area contributed by atoms with Gasteiger partial charge >= 0.3 is 0 Å². The summed E-state index contributed by atoms with van der Waals surface area (Å²) >= 11 is 5.93. The van der Waals surface area contributed by atoms with Gasteiger partial charge in [-0.15, -0.1) is 0 Å². The third-order valence-electron chi connectivity index (χ3n) is 4.63. The van der Waals surface area contributed by atoms with E-state index >= 15 is 0 Å². The molecule has 9 heteroatoms. The lowest BCUT2D eigenvalue weighted by Gasteiger charge is -2.24. The standard InChI is InChI=1S/C23H21ClFN3O3S/c1-2-17-11-13-18(14-12-17)28(32(30,31)19-7-4-3-5-8-19)16-23(29)27-26-15-20-21(24)9-6-10-22(20)25/h3-15H,2,16H2,1H3,(H,27,29)/b26-15-. The fourth-order valence-electron chi connectivity index (χ4n) is 2.90. The van der Waals surface area contributed by atoms with E-state index in [1.165, 1.54) is 30.3 Å². The zero-order valence-electron chi connectivity index (χ0n) is 17.2. The number of anilines is 1. The molecule has 0 bridgehead atoms. The highest BCUT2D eigenvalue weighted by atomic mass is 35.5. The smallest absolute Gasteiger partial charge is 0.264 e. The minimum absolute atomic E-state index is 0.0124. The summed E-state index contributed by atoms with van der Waals surface area (Å²) in [6.07, 6.45) is 1.86. The topological polar surface area (TPSA) is 78.8 Å². The van der Waals surface area contributed by atoms with E-state index in [0.717, 1.165) is 22.5 Å². The molecule has 32 heavy (non-hydrogen) atoms. The maximum Gasteiger partial charge on any atom is 0.264 e. The van der Waals surface area contributed by atoms with Crippen LogP contribution in [0.1, 0.15) is 18.1 Å². The maximum absolute atomic E-state index is 13.8. The van der Waals surface area contributed by atoms with Crippen LogP contribution in [0.3, 0.4) is 0 Å². The van der Waals surface area contributed by atoms with Crippen molar-refractivity contribution in [2.24, 2.45) is 5.10 Å². The van der Waals surface area contributed by atoms with Gasteiger partial charge in [0, 0.05) is 5.56 Å². The normalized spacial score (nSPS) is 11.5. The number of amides is 1. The van der Waals surface area contributed by atoms with Gasteiger partial charge in [-0.1, -0.05) is 54.9 Å². The molecule has 0 aliphatic rings. The number of halogens is 2. The Morgan fingerprint density at radius 2 is 1.75 bits per heavy atom. The first kappa shape index (κ1) is 23.4. The fraction of sp³-hybridized carbons (Fsp3) is 0.130. The lowest BCUT2D eigenvalue weighted by molar-refractivity contribution is -0.119.